The van der Waals surface area contributed by atoms with Gasteiger partial charge in [0, 0.05) is 35.5 Å². The molecule has 2 aliphatic rings. The maximum atomic E-state index is 13.1. The van der Waals surface area contributed by atoms with Crippen molar-refractivity contribution >= 4 is 39.5 Å². The number of hydrogen-bond donors (Lipinski definition) is 1. The summed E-state index contributed by atoms with van der Waals surface area (Å²) in [5, 5.41) is 2.78. The van der Waals surface area contributed by atoms with Gasteiger partial charge in [-0.2, -0.15) is 0 Å². The number of amides is 1. The summed E-state index contributed by atoms with van der Waals surface area (Å²) in [5.41, 5.74) is 4.48. The van der Waals surface area contributed by atoms with Crippen molar-refractivity contribution in [1.82, 2.24) is 14.9 Å². The van der Waals surface area contributed by atoms with Gasteiger partial charge in [-0.05, 0) is 74.0 Å². The summed E-state index contributed by atoms with van der Waals surface area (Å²) < 4.78 is 17.3. The normalized spacial score (nSPS) is 19.1. The number of methoxy groups -OCH3 is 1. The molecule has 0 saturated carbocycles. The van der Waals surface area contributed by atoms with Crippen LogP contribution >= 0.6 is 11.6 Å². The summed E-state index contributed by atoms with van der Waals surface area (Å²) in [4.78, 5) is 23.4. The van der Waals surface area contributed by atoms with E-state index in [1.165, 1.54) is 0 Å². The minimum Gasteiger partial charge on any atom is -0.488 e. The van der Waals surface area contributed by atoms with Crippen LogP contribution in [0.5, 0.6) is 5.75 Å². The number of aromatic nitrogens is 2. The van der Waals surface area contributed by atoms with E-state index in [2.05, 4.69) is 29.2 Å². The third-order valence-corrected chi connectivity index (χ3v) is 7.30. The average molecular weight is 520 g/mol. The van der Waals surface area contributed by atoms with Crippen molar-refractivity contribution in [1.29, 1.82) is 0 Å². The van der Waals surface area contributed by atoms with Crippen LogP contribution < -0.4 is 4.74 Å². The number of halogens is 1. The molecule has 6 rings (SSSR count). The van der Waals surface area contributed by atoms with E-state index in [0.717, 1.165) is 56.5 Å². The number of imidazole rings is 1. The molecule has 4 aromatic rings. The van der Waals surface area contributed by atoms with E-state index in [1.54, 1.807) is 12.0 Å². The highest BCUT2D eigenvalue weighted by Gasteiger charge is 2.40. The highest BCUT2D eigenvalue weighted by atomic mass is 35.5. The lowest BCUT2D eigenvalue weighted by Crippen LogP contribution is -2.37. The quantitative estimate of drug-likeness (QED) is 0.319. The second kappa shape index (κ2) is 8.92. The van der Waals surface area contributed by atoms with Gasteiger partial charge in [-0.25, -0.2) is 9.78 Å². The Labute approximate surface area is 220 Å². The molecule has 3 heterocycles. The predicted octanol–water partition coefficient (Wildman–Crippen LogP) is 6.87. The number of nitrogens with zero attached hydrogens (tertiary/aromatic N) is 2. The summed E-state index contributed by atoms with van der Waals surface area (Å²) >= 11 is 6.20. The van der Waals surface area contributed by atoms with Crippen LogP contribution in [0.3, 0.4) is 0 Å². The van der Waals surface area contributed by atoms with Crippen molar-refractivity contribution in [2.75, 3.05) is 20.3 Å². The second-order valence-corrected chi connectivity index (χ2v) is 11.4. The molecule has 2 atom stereocenters. The van der Waals surface area contributed by atoms with Gasteiger partial charge < -0.3 is 19.2 Å². The van der Waals surface area contributed by atoms with Crippen molar-refractivity contribution in [2.45, 2.75) is 45.4 Å². The lowest BCUT2D eigenvalue weighted by molar-refractivity contribution is 0.0209. The van der Waals surface area contributed by atoms with E-state index in [9.17, 15) is 4.79 Å². The standard InChI is InChI=1S/C29H30ClN3O4/c1-29(2,3)37-28(34)33-13-16(14-35-4)9-24(33)27-31-23-8-5-17-11-22-20-7-6-19(30)10-18(20)15-36-25(22)12-21(17)26(23)32-27/h5-8,10-12,16,24H,9,13-15H2,1-4H3,(H,31,32). The molecule has 1 fully saturated rings. The molecule has 37 heavy (non-hydrogen) atoms. The zero-order valence-electron chi connectivity index (χ0n) is 21.4. The predicted molar refractivity (Wildman–Crippen MR) is 144 cm³/mol. The van der Waals surface area contributed by atoms with Gasteiger partial charge in [0.05, 0.1) is 23.7 Å². The van der Waals surface area contributed by atoms with E-state index < -0.39 is 5.60 Å². The Balaban J connectivity index is 1.41. The third-order valence-electron chi connectivity index (χ3n) is 7.06. The van der Waals surface area contributed by atoms with Crippen molar-refractivity contribution in [3.05, 3.63) is 58.9 Å². The number of carbonyl (C=O) groups is 1. The van der Waals surface area contributed by atoms with Gasteiger partial charge in [-0.1, -0.05) is 23.7 Å². The number of hydrogen-bond acceptors (Lipinski definition) is 5. The number of nitrogens with one attached hydrogen (secondary N) is 1. The number of aromatic amines is 1. The Morgan fingerprint density at radius 3 is 2.81 bits per heavy atom. The SMILES string of the molecule is COCC1CC(c2nc3c(ccc4cc5c(cc43)OCc3cc(Cl)ccc3-5)[nH]2)N(C(=O)OC(C)(C)C)C1. The molecule has 1 N–H and O–H groups in total. The Kier molecular flexibility index (Phi) is 5.81. The number of benzene rings is 3. The number of carbonyl (C=O) groups excluding carboxylic acids is 1. The molecule has 1 saturated heterocycles. The van der Waals surface area contributed by atoms with Crippen molar-refractivity contribution in [3.8, 4) is 16.9 Å². The molecule has 0 bridgehead atoms. The van der Waals surface area contributed by atoms with Gasteiger partial charge in [-0.15, -0.1) is 0 Å². The minimum atomic E-state index is -0.575. The van der Waals surface area contributed by atoms with Gasteiger partial charge in [0.2, 0.25) is 0 Å². The summed E-state index contributed by atoms with van der Waals surface area (Å²) in [5.74, 6) is 1.79. The Morgan fingerprint density at radius 2 is 2.03 bits per heavy atom. The van der Waals surface area contributed by atoms with Crippen LogP contribution in [0, 0.1) is 5.92 Å². The number of ether oxygens (including phenoxy) is 3. The van der Waals surface area contributed by atoms with Crippen LogP contribution in [0.1, 0.15) is 44.6 Å². The van der Waals surface area contributed by atoms with Crippen LogP contribution in [0.25, 0.3) is 32.9 Å². The summed E-state index contributed by atoms with van der Waals surface area (Å²) in [6.07, 6.45) is 0.422. The first-order chi connectivity index (χ1) is 17.7. The van der Waals surface area contributed by atoms with Crippen molar-refractivity contribution in [3.63, 3.8) is 0 Å². The molecule has 2 aliphatic heterocycles. The molecule has 192 valence electrons. The number of H-pyrrole nitrogens is 1. The molecule has 0 aliphatic carbocycles. The fraction of sp³-hybridized carbons (Fsp3) is 0.379. The van der Waals surface area contributed by atoms with Gasteiger partial charge in [0.1, 0.15) is 23.8 Å². The molecular weight excluding hydrogens is 490 g/mol. The van der Waals surface area contributed by atoms with E-state index in [0.29, 0.717) is 24.8 Å². The third kappa shape index (κ3) is 4.40. The molecule has 0 spiro atoms. The zero-order chi connectivity index (χ0) is 25.9. The molecule has 1 amide bonds. The first kappa shape index (κ1) is 24.1. The maximum Gasteiger partial charge on any atom is 0.410 e. The molecule has 0 radical (unpaired) electrons. The minimum absolute atomic E-state index is 0.210. The first-order valence-electron chi connectivity index (χ1n) is 12.6. The summed E-state index contributed by atoms with van der Waals surface area (Å²) in [7, 11) is 1.69. The van der Waals surface area contributed by atoms with E-state index in [-0.39, 0.29) is 18.1 Å². The van der Waals surface area contributed by atoms with Gasteiger partial charge >= 0.3 is 6.09 Å². The van der Waals surface area contributed by atoms with Crippen LogP contribution in [0.4, 0.5) is 4.79 Å². The first-order valence-corrected chi connectivity index (χ1v) is 12.9. The highest BCUT2D eigenvalue weighted by Crippen LogP contribution is 2.43. The Morgan fingerprint density at radius 1 is 1.19 bits per heavy atom. The van der Waals surface area contributed by atoms with E-state index in [4.69, 9.17) is 30.8 Å². The monoisotopic (exact) mass is 519 g/mol. The van der Waals surface area contributed by atoms with E-state index in [1.807, 2.05) is 39.0 Å². The molecule has 2 unspecified atom stereocenters. The molecular formula is C29H30ClN3O4. The number of fused-ring (bicyclic) bond motifs is 6. The second-order valence-electron chi connectivity index (χ2n) is 10.9. The van der Waals surface area contributed by atoms with Crippen LogP contribution in [0.15, 0.2) is 42.5 Å². The van der Waals surface area contributed by atoms with E-state index >= 15 is 0 Å². The smallest absolute Gasteiger partial charge is 0.410 e. The largest absolute Gasteiger partial charge is 0.488 e. The van der Waals surface area contributed by atoms with Crippen molar-refractivity contribution < 1.29 is 19.0 Å². The highest BCUT2D eigenvalue weighted by molar-refractivity contribution is 6.30. The summed E-state index contributed by atoms with van der Waals surface area (Å²) in [6.45, 7) is 7.26. The fourth-order valence-electron chi connectivity index (χ4n) is 5.49. The fourth-order valence-corrected chi connectivity index (χ4v) is 5.69. The molecule has 3 aromatic carbocycles. The molecule has 8 heteroatoms. The average Bonchev–Trinajstić information content (AvgIpc) is 3.46. The zero-order valence-corrected chi connectivity index (χ0v) is 22.2. The van der Waals surface area contributed by atoms with Crippen molar-refractivity contribution in [2.24, 2.45) is 5.92 Å². The number of rotatable bonds is 3. The Bertz CT molecular complexity index is 1520. The topological polar surface area (TPSA) is 76.7 Å². The van der Waals surface area contributed by atoms with Gasteiger partial charge in [0.15, 0.2) is 0 Å². The molecule has 7 nitrogen and oxygen atoms in total. The van der Waals surface area contributed by atoms with Gasteiger partial charge in [0.25, 0.3) is 0 Å². The lowest BCUT2D eigenvalue weighted by atomic mass is 9.94. The molecule has 1 aromatic heterocycles. The number of likely N-dealkylation sites (tertiary alicyclic amines) is 1. The van der Waals surface area contributed by atoms with Crippen LogP contribution in [-0.2, 0) is 16.1 Å². The van der Waals surface area contributed by atoms with Crippen LogP contribution in [0.2, 0.25) is 5.02 Å². The lowest BCUT2D eigenvalue weighted by Gasteiger charge is -2.27. The van der Waals surface area contributed by atoms with Gasteiger partial charge in [-0.3, -0.25) is 4.90 Å². The van der Waals surface area contributed by atoms with Crippen LogP contribution in [-0.4, -0.2) is 46.8 Å². The maximum absolute atomic E-state index is 13.1. The Hall–Kier alpha value is -3.29. The summed E-state index contributed by atoms with van der Waals surface area (Å²) in [6, 6.07) is 14.1.